The number of nitriles is 4. The van der Waals surface area contributed by atoms with Crippen molar-refractivity contribution in [2.75, 3.05) is 68.2 Å². The SMILES string of the molecule is COC(=O)CSc1nncc(OC)c1C#N.COc1cn[nH]c(=O)c1C#N.COc1cnn(C2CCCCO2)c(=O)c1Br.COc1cnn(C2CCCCO2)c(=O)c1C#N.COc1cnnc(Cl)c1C#N.Cl.Cl.N=N.O=C/C(Br)=C(/Br)C(=O)O.O=c1[nH]ncc(Br)c1Br.O=c1c(Br)c(Br)cnn1C1CCCCO1.[HH]. The summed E-state index contributed by atoms with van der Waals surface area (Å²) in [5.41, 5.74) is 8.80. The second kappa shape index (κ2) is 55.3. The number of thioether (sulfide) groups is 1. The third-order valence-electron chi connectivity index (χ3n) is 12.8. The summed E-state index contributed by atoms with van der Waals surface area (Å²) in [5, 5.41) is 81.3. The van der Waals surface area contributed by atoms with Crippen molar-refractivity contribution in [1.29, 1.82) is 32.1 Å². The largest absolute Gasteiger partial charge is 0.494 e. The number of H-pyrrole nitrogens is 2. The van der Waals surface area contributed by atoms with Crippen LogP contribution in [0.2, 0.25) is 5.15 Å². The topological polar surface area (TPSA) is 545 Å². The molecular formula is C59H64Br7Cl3N20O18S. The number of aromatic nitrogens is 14. The van der Waals surface area contributed by atoms with Crippen LogP contribution < -0.4 is 51.5 Å². The maximum atomic E-state index is 12.0. The predicted molar refractivity (Wildman–Crippen MR) is 414 cm³/mol. The summed E-state index contributed by atoms with van der Waals surface area (Å²) < 4.78 is 51.9. The van der Waals surface area contributed by atoms with Crippen molar-refractivity contribution < 1.29 is 63.5 Å². The van der Waals surface area contributed by atoms with Gasteiger partial charge in [-0.2, -0.15) is 70.8 Å². The maximum absolute atomic E-state index is 12.0. The molecule has 584 valence electrons. The predicted octanol–water partition coefficient (Wildman–Crippen LogP) is 10.5. The van der Waals surface area contributed by atoms with Gasteiger partial charge in [-0.1, -0.05) is 23.4 Å². The van der Waals surface area contributed by atoms with Crippen LogP contribution >= 0.6 is 160 Å². The van der Waals surface area contributed by atoms with E-state index in [1.165, 1.54) is 93.9 Å². The first-order chi connectivity index (χ1) is 50.8. The van der Waals surface area contributed by atoms with Gasteiger partial charge in [-0.05, 0) is 169 Å². The molecule has 3 atom stereocenters. The minimum Gasteiger partial charge on any atom is -0.494 e. The minimum absolute atomic E-state index is 0. The lowest BCUT2D eigenvalue weighted by molar-refractivity contribution is -0.137. The molecule has 7 aromatic rings. The van der Waals surface area contributed by atoms with Gasteiger partial charge in [0.1, 0.15) is 53.9 Å². The van der Waals surface area contributed by atoms with E-state index < -0.39 is 23.1 Å². The molecule has 3 fully saturated rings. The Balaban J connectivity index is 0. The molecule has 5 N–H and O–H groups in total. The number of esters is 1. The van der Waals surface area contributed by atoms with Crippen molar-refractivity contribution in [2.45, 2.75) is 81.5 Å². The molecule has 3 saturated heterocycles. The highest BCUT2D eigenvalue weighted by Gasteiger charge is 2.24. The number of carbonyl (C=O) groups is 3. The monoisotopic (exact) mass is 2030 g/mol. The number of halogens is 10. The molecule has 3 aliphatic rings. The Morgan fingerprint density at radius 3 is 1.39 bits per heavy atom. The zero-order valence-corrected chi connectivity index (χ0v) is 71.1. The number of allylic oxidation sites excluding steroid dienone is 1. The Hall–Kier alpha value is -8.07. The van der Waals surface area contributed by atoms with Crippen LogP contribution in [0.5, 0.6) is 28.7 Å². The van der Waals surface area contributed by atoms with Crippen LogP contribution in [0.25, 0.3) is 0 Å². The van der Waals surface area contributed by atoms with Crippen LogP contribution in [-0.4, -0.2) is 162 Å². The number of methoxy groups -OCH3 is 6. The van der Waals surface area contributed by atoms with Gasteiger partial charge in [0.15, 0.2) is 70.0 Å². The maximum Gasteiger partial charge on any atom is 0.344 e. The Labute approximate surface area is 694 Å². The first kappa shape index (κ1) is 99.9. The molecule has 38 nitrogen and oxygen atoms in total. The summed E-state index contributed by atoms with van der Waals surface area (Å²) in [6, 6.07) is 7.36. The molecule has 7 aromatic heterocycles. The number of carbonyl (C=O) groups excluding carboxylic acids is 2. The quantitative estimate of drug-likeness (QED) is 0.0235. The molecule has 0 spiro atoms. The molecule has 49 heteroatoms. The van der Waals surface area contributed by atoms with Crippen molar-refractivity contribution >= 4 is 178 Å². The molecule has 10 rings (SSSR count). The highest BCUT2D eigenvalue weighted by atomic mass is 79.9. The van der Waals surface area contributed by atoms with Crippen molar-refractivity contribution in [1.82, 2.24) is 70.1 Å². The Morgan fingerprint density at radius 2 is 0.991 bits per heavy atom. The van der Waals surface area contributed by atoms with Crippen LogP contribution in [-0.2, 0) is 33.3 Å². The second-order valence-corrected chi connectivity index (χ2v) is 26.3. The number of nitrogens with one attached hydrogen (secondary N) is 4. The highest BCUT2D eigenvalue weighted by molar-refractivity contribution is 9.14. The van der Waals surface area contributed by atoms with Crippen LogP contribution in [0.3, 0.4) is 0 Å². The molecule has 10 heterocycles. The van der Waals surface area contributed by atoms with Crippen molar-refractivity contribution in [3.8, 4) is 53.0 Å². The zero-order valence-electron chi connectivity index (χ0n) is 56.8. The number of carboxylic acid groups (broad SMARTS) is 1. The summed E-state index contributed by atoms with van der Waals surface area (Å²) >= 11 is 27.8. The van der Waals surface area contributed by atoms with E-state index in [-0.39, 0.29) is 115 Å². The minimum atomic E-state index is -1.17. The first-order valence-corrected chi connectivity index (χ1v) is 36.2. The molecule has 0 radical (unpaired) electrons. The van der Waals surface area contributed by atoms with Gasteiger partial charge in [0.25, 0.3) is 27.8 Å². The summed E-state index contributed by atoms with van der Waals surface area (Å²) in [6.45, 7) is 2.00. The van der Waals surface area contributed by atoms with E-state index in [9.17, 15) is 38.4 Å². The third kappa shape index (κ3) is 31.9. The van der Waals surface area contributed by atoms with Gasteiger partial charge in [0.2, 0.25) is 0 Å². The van der Waals surface area contributed by atoms with Crippen molar-refractivity contribution in [3.05, 3.63) is 154 Å². The van der Waals surface area contributed by atoms with E-state index in [0.717, 1.165) is 69.5 Å². The van der Waals surface area contributed by atoms with Crippen LogP contribution in [0.1, 0.15) is 100 Å². The molecule has 0 bridgehead atoms. The molecule has 3 aliphatic heterocycles. The molecule has 0 amide bonds. The Kier molecular flexibility index (Phi) is 51.2. The fraction of sp³-hybridized carbons (Fsp3) is 0.373. The van der Waals surface area contributed by atoms with Crippen molar-refractivity contribution in [3.63, 3.8) is 0 Å². The number of hydrogen-bond donors (Lipinski definition) is 5. The number of carboxylic acids is 1. The average molecular weight is 2040 g/mol. The van der Waals surface area contributed by atoms with Gasteiger partial charge in [0, 0.05) is 21.2 Å². The molecular weight excluding hydrogens is 1970 g/mol. The number of ether oxygens (including phenoxy) is 9. The number of nitrogens with zero attached hydrogens (tertiary/aromatic N) is 16. The normalized spacial score (nSPS) is 14.2. The van der Waals surface area contributed by atoms with E-state index in [0.29, 0.717) is 70.7 Å². The van der Waals surface area contributed by atoms with E-state index in [1.54, 1.807) is 12.3 Å². The van der Waals surface area contributed by atoms with Crippen LogP contribution in [0, 0.1) is 56.4 Å². The zero-order chi connectivity index (χ0) is 79.4. The fourth-order valence-corrected chi connectivity index (χ4v) is 10.4. The van der Waals surface area contributed by atoms with Gasteiger partial charge < -0.3 is 47.7 Å². The van der Waals surface area contributed by atoms with Gasteiger partial charge in [0.05, 0.1) is 110 Å². The van der Waals surface area contributed by atoms with E-state index >= 15 is 0 Å². The lowest BCUT2D eigenvalue weighted by Gasteiger charge is -2.23. The average Bonchev–Trinajstić information content (AvgIpc) is 0.823. The number of aliphatic carboxylic acids is 1. The van der Waals surface area contributed by atoms with Gasteiger partial charge in [-0.25, -0.2) is 26.1 Å². The highest BCUT2D eigenvalue weighted by Crippen LogP contribution is 2.29. The molecule has 0 aliphatic carbocycles. The standard InChI is InChI=1S/C11H13N3O3.C10H13BrN2O3.C9H10Br2N2O2.C9H9N3O3S.C6H4ClN3O.C6H5N3O2.C4H2Br2N2O.C4H2Br2O3.2ClH.H2N2.H2/c1-16-9-7-13-14(11(15)8(9)6-12)10-4-2-3-5-17-10;1-15-7-6-12-13(10(14)9(7)11)8-4-2-3-5-16-8;10-6-5-12-13(9(14)8(6)11)7-3-1-2-4-15-7;1-14-7-4-11-12-9(6(7)3-10)16-5-8(13)15-2;1-11-5-3-9-10-6(7)4(5)2-8;1-11-5-3-8-9-6(10)4(5)2-7;5-2-1-7-8-4(9)3(2)6;5-2(1-7)3(6)4(8)9;;;1-2;/h7,10H,2-5H2,1H3;6,8H,2-5H2,1H3;5,7H,1-4H2;4H,5H2,1-2H3;3H,1H3;3H,1H3,(H,9,10);2*1H,(H,8,9);2*1H;1-2H;1H/b;;;;;;;3-2-;;;;. The van der Waals surface area contributed by atoms with Crippen molar-refractivity contribution in [2.24, 2.45) is 0 Å². The van der Waals surface area contributed by atoms with Gasteiger partial charge >= 0.3 is 11.9 Å². The fourth-order valence-electron chi connectivity index (χ4n) is 7.73. The summed E-state index contributed by atoms with van der Waals surface area (Å²) in [5.74, 6) is 0.0234. The summed E-state index contributed by atoms with van der Waals surface area (Å²) in [4.78, 5) is 88.0. The number of aldehydes is 1. The smallest absolute Gasteiger partial charge is 0.344 e. The second-order valence-electron chi connectivity index (χ2n) is 19.2. The molecule has 3 unspecified atom stereocenters. The Morgan fingerprint density at radius 1 is 0.583 bits per heavy atom. The van der Waals surface area contributed by atoms with E-state index in [1.807, 2.05) is 18.2 Å². The van der Waals surface area contributed by atoms with Crippen LogP contribution in [0.4, 0.5) is 0 Å². The number of hydrogen-bond acceptors (Lipinski definition) is 33. The molecule has 108 heavy (non-hydrogen) atoms. The van der Waals surface area contributed by atoms with Gasteiger partial charge in [-0.15, -0.1) is 35.0 Å². The summed E-state index contributed by atoms with van der Waals surface area (Å²) in [6.07, 6.45) is 18.2. The molecule has 0 aromatic carbocycles. The van der Waals surface area contributed by atoms with Crippen LogP contribution in [0.15, 0.2) is 104 Å². The molecule has 0 saturated carbocycles. The lowest BCUT2D eigenvalue weighted by atomic mass is 10.2. The number of rotatable bonds is 13. The first-order valence-electron chi connectivity index (χ1n) is 29.3. The van der Waals surface area contributed by atoms with Gasteiger partial charge in [-0.3, -0.25) is 33.6 Å². The third-order valence-corrected chi connectivity index (χ3v) is 20.4. The summed E-state index contributed by atoms with van der Waals surface area (Å²) in [7, 11) is 8.45. The van der Waals surface area contributed by atoms with E-state index in [2.05, 4.69) is 172 Å². The Bertz CT molecular complexity index is 4610. The lowest BCUT2D eigenvalue weighted by Crippen LogP contribution is -2.32. The van der Waals surface area contributed by atoms with E-state index in [4.69, 9.17) is 86.7 Å². The number of aromatic amines is 2.